The van der Waals surface area contributed by atoms with E-state index in [-0.39, 0.29) is 10.4 Å². The van der Waals surface area contributed by atoms with E-state index in [4.69, 9.17) is 17.0 Å². The van der Waals surface area contributed by atoms with Gasteiger partial charge in [-0.05, 0) is 36.3 Å². The standard InChI is InChI=1S/C22H17NO4S2/c1-13-16(11-15-9-5-6-10-17(15)27-13)12-18-20(24)23(22(28)29-18)19(21(25)26)14-7-3-2-4-8-14/h2-13,19H,1H3,(H,25,26)/b18-12+/t13-,19+/m1/s1. The first-order chi connectivity index (χ1) is 14.0. The number of aliphatic carboxylic acids is 1. The first-order valence-electron chi connectivity index (χ1n) is 8.98. The van der Waals surface area contributed by atoms with E-state index in [9.17, 15) is 14.7 Å². The molecule has 1 N–H and O–H groups in total. The van der Waals surface area contributed by atoms with E-state index < -0.39 is 17.9 Å². The van der Waals surface area contributed by atoms with Crippen LogP contribution in [0, 0.1) is 0 Å². The van der Waals surface area contributed by atoms with Crippen LogP contribution in [0.3, 0.4) is 0 Å². The van der Waals surface area contributed by atoms with Gasteiger partial charge < -0.3 is 9.84 Å². The minimum atomic E-state index is -1.16. The number of thiocarbonyl (C=S) groups is 1. The molecule has 2 aromatic carbocycles. The Morgan fingerprint density at radius 3 is 2.62 bits per heavy atom. The van der Waals surface area contributed by atoms with Gasteiger partial charge in [-0.25, -0.2) is 4.79 Å². The molecule has 0 radical (unpaired) electrons. The van der Waals surface area contributed by atoms with E-state index >= 15 is 0 Å². The van der Waals surface area contributed by atoms with Crippen molar-refractivity contribution in [3.63, 3.8) is 0 Å². The Balaban J connectivity index is 1.68. The van der Waals surface area contributed by atoms with Gasteiger partial charge in [-0.1, -0.05) is 72.5 Å². The molecule has 146 valence electrons. The summed E-state index contributed by atoms with van der Waals surface area (Å²) in [6.45, 7) is 1.91. The molecule has 1 fully saturated rings. The molecule has 4 rings (SSSR count). The predicted molar refractivity (Wildman–Crippen MR) is 116 cm³/mol. The van der Waals surface area contributed by atoms with Gasteiger partial charge in [0.25, 0.3) is 5.91 Å². The number of benzene rings is 2. The van der Waals surface area contributed by atoms with Gasteiger partial charge in [-0.3, -0.25) is 9.69 Å². The number of carbonyl (C=O) groups is 2. The van der Waals surface area contributed by atoms with Crippen LogP contribution in [0.25, 0.3) is 6.08 Å². The fourth-order valence-corrected chi connectivity index (χ4v) is 4.63. The second-order valence-electron chi connectivity index (χ2n) is 6.65. The molecule has 29 heavy (non-hydrogen) atoms. The highest BCUT2D eigenvalue weighted by Crippen LogP contribution is 2.39. The number of nitrogens with zero attached hydrogens (tertiary/aromatic N) is 1. The Labute approximate surface area is 177 Å². The number of para-hydroxylation sites is 1. The molecule has 0 spiro atoms. The molecule has 0 saturated carbocycles. The maximum absolute atomic E-state index is 13.1. The molecule has 2 atom stereocenters. The van der Waals surface area contributed by atoms with Crippen molar-refractivity contribution in [2.24, 2.45) is 0 Å². The third-order valence-corrected chi connectivity index (χ3v) is 6.07. The van der Waals surface area contributed by atoms with Crippen LogP contribution in [0.2, 0.25) is 0 Å². The molecule has 2 aliphatic rings. The van der Waals surface area contributed by atoms with Crippen molar-refractivity contribution in [2.75, 3.05) is 0 Å². The molecule has 7 heteroatoms. The summed E-state index contributed by atoms with van der Waals surface area (Å²) >= 11 is 6.47. The van der Waals surface area contributed by atoms with Gasteiger partial charge in [0.1, 0.15) is 16.2 Å². The molecule has 0 aliphatic carbocycles. The average Bonchev–Trinajstić information content (AvgIpc) is 2.97. The minimum Gasteiger partial charge on any atom is -0.485 e. The number of ether oxygens (including phenoxy) is 1. The molecule has 5 nitrogen and oxygen atoms in total. The smallest absolute Gasteiger partial charge is 0.331 e. The minimum absolute atomic E-state index is 0.225. The lowest BCUT2D eigenvalue weighted by molar-refractivity contribution is -0.145. The molecule has 2 heterocycles. The van der Waals surface area contributed by atoms with Gasteiger partial charge in [0.05, 0.1) is 4.91 Å². The number of amides is 1. The summed E-state index contributed by atoms with van der Waals surface area (Å²) in [6, 6.07) is 15.1. The number of carboxylic acids is 1. The van der Waals surface area contributed by atoms with Crippen LogP contribution in [0.15, 0.2) is 71.2 Å². The zero-order chi connectivity index (χ0) is 20.5. The molecule has 0 unspecified atom stereocenters. The molecule has 0 bridgehead atoms. The van der Waals surface area contributed by atoms with E-state index in [1.165, 1.54) is 4.90 Å². The lowest BCUT2D eigenvalue weighted by Crippen LogP contribution is -2.37. The van der Waals surface area contributed by atoms with Crippen molar-refractivity contribution in [1.82, 2.24) is 4.90 Å². The van der Waals surface area contributed by atoms with Crippen molar-refractivity contribution in [3.05, 3.63) is 82.3 Å². The monoisotopic (exact) mass is 423 g/mol. The van der Waals surface area contributed by atoms with Gasteiger partial charge in [-0.15, -0.1) is 0 Å². The number of thioether (sulfide) groups is 1. The van der Waals surface area contributed by atoms with E-state index in [0.717, 1.165) is 28.6 Å². The highest BCUT2D eigenvalue weighted by atomic mass is 32.2. The average molecular weight is 424 g/mol. The Kier molecular flexibility index (Phi) is 5.25. The number of carboxylic acid groups (broad SMARTS) is 1. The molecular weight excluding hydrogens is 406 g/mol. The van der Waals surface area contributed by atoms with Crippen molar-refractivity contribution in [2.45, 2.75) is 19.1 Å². The number of rotatable bonds is 4. The number of fused-ring (bicyclic) bond motifs is 1. The molecular formula is C22H17NO4S2. The second-order valence-corrected chi connectivity index (χ2v) is 8.32. The lowest BCUT2D eigenvalue weighted by Gasteiger charge is -2.24. The maximum Gasteiger partial charge on any atom is 0.331 e. The van der Waals surface area contributed by atoms with Crippen LogP contribution < -0.4 is 4.74 Å². The van der Waals surface area contributed by atoms with Crippen LogP contribution in [-0.2, 0) is 9.59 Å². The summed E-state index contributed by atoms with van der Waals surface area (Å²) in [5.74, 6) is -0.751. The summed E-state index contributed by atoms with van der Waals surface area (Å²) in [5, 5.41) is 9.77. The predicted octanol–water partition coefficient (Wildman–Crippen LogP) is 4.42. The summed E-state index contributed by atoms with van der Waals surface area (Å²) in [4.78, 5) is 26.6. The SMILES string of the molecule is C[C@H]1Oc2ccccc2C=C1/C=C1/SC(=S)N([C@H](C(=O)O)c2ccccc2)C1=O. The molecule has 1 saturated heterocycles. The van der Waals surface area contributed by atoms with Gasteiger partial charge >= 0.3 is 5.97 Å². The van der Waals surface area contributed by atoms with Crippen molar-refractivity contribution >= 4 is 46.3 Å². The zero-order valence-electron chi connectivity index (χ0n) is 15.4. The Morgan fingerprint density at radius 2 is 1.90 bits per heavy atom. The van der Waals surface area contributed by atoms with E-state index in [2.05, 4.69) is 0 Å². The summed E-state index contributed by atoms with van der Waals surface area (Å²) < 4.78 is 6.15. The van der Waals surface area contributed by atoms with Crippen molar-refractivity contribution in [1.29, 1.82) is 0 Å². The Morgan fingerprint density at radius 1 is 1.21 bits per heavy atom. The summed E-state index contributed by atoms with van der Waals surface area (Å²) in [6.07, 6.45) is 3.48. The van der Waals surface area contributed by atoms with Crippen LogP contribution >= 0.6 is 24.0 Å². The maximum atomic E-state index is 13.1. The third kappa shape index (κ3) is 3.71. The van der Waals surface area contributed by atoms with Crippen LogP contribution in [0.4, 0.5) is 0 Å². The number of hydrogen-bond acceptors (Lipinski definition) is 5. The van der Waals surface area contributed by atoms with Crippen LogP contribution in [0.5, 0.6) is 5.75 Å². The first-order valence-corrected chi connectivity index (χ1v) is 10.2. The summed E-state index contributed by atoms with van der Waals surface area (Å²) in [5.41, 5.74) is 2.26. The molecule has 0 aromatic heterocycles. The lowest BCUT2D eigenvalue weighted by atomic mass is 10.0. The first kappa shape index (κ1) is 19.4. The van der Waals surface area contributed by atoms with E-state index in [1.807, 2.05) is 37.3 Å². The van der Waals surface area contributed by atoms with Crippen molar-refractivity contribution in [3.8, 4) is 5.75 Å². The molecule has 2 aliphatic heterocycles. The van der Waals surface area contributed by atoms with Gasteiger partial charge in [-0.2, -0.15) is 0 Å². The highest BCUT2D eigenvalue weighted by Gasteiger charge is 2.41. The third-order valence-electron chi connectivity index (χ3n) is 4.74. The fourth-order valence-electron chi connectivity index (χ4n) is 3.31. The molecule has 2 aromatic rings. The van der Waals surface area contributed by atoms with Crippen LogP contribution in [0.1, 0.15) is 24.1 Å². The Hall–Kier alpha value is -2.90. The normalized spacial score (nSPS) is 20.9. The summed E-state index contributed by atoms with van der Waals surface area (Å²) in [7, 11) is 0. The second kappa shape index (κ2) is 7.85. The van der Waals surface area contributed by atoms with Crippen molar-refractivity contribution < 1.29 is 19.4 Å². The molecule has 1 amide bonds. The highest BCUT2D eigenvalue weighted by molar-refractivity contribution is 8.26. The van der Waals surface area contributed by atoms with Gasteiger partial charge in [0.15, 0.2) is 6.04 Å². The number of carbonyl (C=O) groups excluding carboxylic acids is 1. The largest absolute Gasteiger partial charge is 0.485 e. The quantitative estimate of drug-likeness (QED) is 0.580. The van der Waals surface area contributed by atoms with Crippen LogP contribution in [-0.4, -0.2) is 32.3 Å². The van der Waals surface area contributed by atoms with Gasteiger partial charge in [0.2, 0.25) is 0 Å². The van der Waals surface area contributed by atoms with E-state index in [0.29, 0.717) is 10.5 Å². The number of hydrogen-bond donors (Lipinski definition) is 1. The van der Waals surface area contributed by atoms with Gasteiger partial charge in [0, 0.05) is 5.56 Å². The van der Waals surface area contributed by atoms with E-state index in [1.54, 1.807) is 36.4 Å². The Bertz CT molecular complexity index is 1060. The topological polar surface area (TPSA) is 66.8 Å². The fraction of sp³-hybridized carbons (Fsp3) is 0.136. The zero-order valence-corrected chi connectivity index (χ0v) is 17.1.